The van der Waals surface area contributed by atoms with Crippen molar-refractivity contribution in [1.82, 2.24) is 24.3 Å². The molecule has 8 heteroatoms. The second kappa shape index (κ2) is 6.04. The average molecular weight is 346 g/mol. The van der Waals surface area contributed by atoms with Gasteiger partial charge in [0.05, 0.1) is 24.0 Å². The van der Waals surface area contributed by atoms with Crippen molar-refractivity contribution in [3.63, 3.8) is 0 Å². The average Bonchev–Trinajstić information content (AvgIpc) is 3.48. The summed E-state index contributed by atoms with van der Waals surface area (Å²) in [6.07, 6.45) is 7.56. The Hall–Kier alpha value is -3.60. The summed E-state index contributed by atoms with van der Waals surface area (Å²) in [5.41, 5.74) is -0.135. The molecule has 0 radical (unpaired) electrons. The molecule has 0 N–H and O–H groups in total. The number of hydrogen-bond donors (Lipinski definition) is 0. The summed E-state index contributed by atoms with van der Waals surface area (Å²) in [6, 6.07) is 9.35. The Bertz CT molecular complexity index is 1110. The molecule has 0 spiro atoms. The first-order chi connectivity index (χ1) is 12.6. The molecule has 0 bridgehead atoms. The molecule has 4 rings (SSSR count). The lowest BCUT2D eigenvalue weighted by Gasteiger charge is -2.11. The van der Waals surface area contributed by atoms with Gasteiger partial charge >= 0.3 is 11.1 Å². The molecular weight excluding hydrogens is 332 g/mol. The quantitative estimate of drug-likeness (QED) is 0.650. The van der Waals surface area contributed by atoms with Crippen molar-refractivity contribution >= 4 is 0 Å². The Morgan fingerprint density at radius 3 is 2.58 bits per heavy atom. The summed E-state index contributed by atoms with van der Waals surface area (Å²) in [6.45, 7) is 0.134. The minimum absolute atomic E-state index is 0.134. The van der Waals surface area contributed by atoms with E-state index in [1.807, 2.05) is 12.1 Å². The van der Waals surface area contributed by atoms with Crippen LogP contribution in [0.4, 0.5) is 0 Å². The van der Waals surface area contributed by atoms with E-state index in [9.17, 15) is 14.9 Å². The molecule has 0 aliphatic heterocycles. The van der Waals surface area contributed by atoms with E-state index in [1.165, 1.54) is 21.5 Å². The predicted molar refractivity (Wildman–Crippen MR) is 92.1 cm³/mol. The van der Waals surface area contributed by atoms with Crippen LogP contribution in [0.15, 0.2) is 58.6 Å². The highest BCUT2D eigenvalue weighted by Gasteiger charge is 2.46. The maximum absolute atomic E-state index is 12.3. The molecule has 3 aromatic rings. The van der Waals surface area contributed by atoms with Gasteiger partial charge in [0.15, 0.2) is 0 Å². The third-order valence-corrected chi connectivity index (χ3v) is 4.46. The second-order valence-corrected chi connectivity index (χ2v) is 6.20. The van der Waals surface area contributed by atoms with Gasteiger partial charge in [-0.25, -0.2) is 0 Å². The van der Waals surface area contributed by atoms with Gasteiger partial charge in [-0.2, -0.15) is 15.5 Å². The summed E-state index contributed by atoms with van der Waals surface area (Å²) in [4.78, 5) is 28.7. The Labute approximate surface area is 148 Å². The van der Waals surface area contributed by atoms with Crippen LogP contribution in [0.3, 0.4) is 0 Å². The van der Waals surface area contributed by atoms with Gasteiger partial charge in [0.2, 0.25) is 0 Å². The zero-order valence-corrected chi connectivity index (χ0v) is 13.7. The fourth-order valence-corrected chi connectivity index (χ4v) is 2.78. The van der Waals surface area contributed by atoms with E-state index in [4.69, 9.17) is 0 Å². The molecule has 0 atom stereocenters. The maximum atomic E-state index is 12.3. The minimum Gasteiger partial charge on any atom is -0.303 e. The third-order valence-electron chi connectivity index (χ3n) is 4.46. The van der Waals surface area contributed by atoms with Gasteiger partial charge in [-0.05, 0) is 37.1 Å². The van der Waals surface area contributed by atoms with E-state index < -0.39 is 16.7 Å². The molecule has 1 fully saturated rings. The molecule has 1 aliphatic rings. The Morgan fingerprint density at radius 1 is 1.12 bits per heavy atom. The summed E-state index contributed by atoms with van der Waals surface area (Å²) in [5.74, 6) is 0. The van der Waals surface area contributed by atoms with Crippen LogP contribution in [0.5, 0.6) is 0 Å². The first-order valence-corrected chi connectivity index (χ1v) is 8.10. The number of pyridine rings is 1. The number of rotatable bonds is 4. The van der Waals surface area contributed by atoms with Crippen molar-refractivity contribution in [1.29, 1.82) is 5.26 Å². The Balaban J connectivity index is 1.60. The van der Waals surface area contributed by atoms with Gasteiger partial charge in [0.1, 0.15) is 5.54 Å². The third kappa shape index (κ3) is 2.69. The second-order valence-electron chi connectivity index (χ2n) is 6.20. The standard InChI is InChI=1S/C18H14N6O2/c19-12-18(5-6-18)24-9-8-23(16(25)17(24)26)11-14-3-4-15(22-21-14)13-2-1-7-20-10-13/h1-4,7-10H,5-6,11H2. The van der Waals surface area contributed by atoms with Crippen molar-refractivity contribution in [2.24, 2.45) is 0 Å². The van der Waals surface area contributed by atoms with Crippen LogP contribution < -0.4 is 11.1 Å². The molecule has 3 aromatic heterocycles. The molecule has 1 aliphatic carbocycles. The van der Waals surface area contributed by atoms with Gasteiger partial charge < -0.3 is 4.57 Å². The van der Waals surface area contributed by atoms with E-state index in [0.29, 0.717) is 24.2 Å². The van der Waals surface area contributed by atoms with Crippen molar-refractivity contribution in [2.75, 3.05) is 0 Å². The van der Waals surface area contributed by atoms with E-state index in [1.54, 1.807) is 24.5 Å². The highest BCUT2D eigenvalue weighted by Crippen LogP contribution is 2.41. The number of hydrogen-bond acceptors (Lipinski definition) is 6. The predicted octanol–water partition coefficient (Wildman–Crippen LogP) is 0.923. The van der Waals surface area contributed by atoms with E-state index >= 15 is 0 Å². The van der Waals surface area contributed by atoms with E-state index in [2.05, 4.69) is 21.3 Å². The lowest BCUT2D eigenvalue weighted by Crippen LogP contribution is -2.44. The van der Waals surface area contributed by atoms with Gasteiger partial charge in [-0.1, -0.05) is 0 Å². The van der Waals surface area contributed by atoms with Crippen molar-refractivity contribution in [3.05, 3.63) is 75.5 Å². The van der Waals surface area contributed by atoms with Crippen molar-refractivity contribution in [3.8, 4) is 17.3 Å². The number of nitrogens with zero attached hydrogens (tertiary/aromatic N) is 6. The molecule has 26 heavy (non-hydrogen) atoms. The van der Waals surface area contributed by atoms with Crippen LogP contribution in [-0.2, 0) is 12.1 Å². The van der Waals surface area contributed by atoms with Crippen LogP contribution in [0.2, 0.25) is 0 Å². The van der Waals surface area contributed by atoms with Gasteiger partial charge in [-0.3, -0.25) is 19.1 Å². The zero-order chi connectivity index (χ0) is 18.1. The zero-order valence-electron chi connectivity index (χ0n) is 13.7. The van der Waals surface area contributed by atoms with Gasteiger partial charge in [0, 0.05) is 30.4 Å². The lowest BCUT2D eigenvalue weighted by molar-refractivity contribution is 0.555. The summed E-state index contributed by atoms with van der Waals surface area (Å²) >= 11 is 0. The molecule has 128 valence electrons. The number of nitriles is 1. The highest BCUT2D eigenvalue weighted by molar-refractivity contribution is 5.56. The SMILES string of the molecule is N#CC1(n2ccn(Cc3ccc(-c4cccnc4)nn3)c(=O)c2=O)CC1. The van der Waals surface area contributed by atoms with E-state index in [-0.39, 0.29) is 6.54 Å². The maximum Gasteiger partial charge on any atom is 0.317 e. The first-order valence-electron chi connectivity index (χ1n) is 8.10. The topological polar surface area (TPSA) is 106 Å². The lowest BCUT2D eigenvalue weighted by atomic mass is 10.2. The van der Waals surface area contributed by atoms with Crippen LogP contribution in [0, 0.1) is 11.3 Å². The van der Waals surface area contributed by atoms with Gasteiger partial charge in [-0.15, -0.1) is 0 Å². The van der Waals surface area contributed by atoms with Crippen LogP contribution in [0.1, 0.15) is 18.5 Å². The Morgan fingerprint density at radius 2 is 1.96 bits per heavy atom. The van der Waals surface area contributed by atoms with Crippen molar-refractivity contribution < 1.29 is 0 Å². The summed E-state index contributed by atoms with van der Waals surface area (Å²) in [5, 5.41) is 17.5. The van der Waals surface area contributed by atoms with Crippen LogP contribution in [-0.4, -0.2) is 24.3 Å². The van der Waals surface area contributed by atoms with E-state index in [0.717, 1.165) is 5.56 Å². The first kappa shape index (κ1) is 15.9. The van der Waals surface area contributed by atoms with Crippen LogP contribution >= 0.6 is 0 Å². The normalized spacial score (nSPS) is 14.6. The van der Waals surface area contributed by atoms with Gasteiger partial charge in [0.25, 0.3) is 0 Å². The molecule has 0 unspecified atom stereocenters. The summed E-state index contributed by atoms with van der Waals surface area (Å²) in [7, 11) is 0. The molecule has 0 saturated heterocycles. The fraction of sp³-hybridized carbons (Fsp3) is 0.222. The Kier molecular flexibility index (Phi) is 3.69. The molecular formula is C18H14N6O2. The number of aromatic nitrogens is 5. The minimum atomic E-state index is -0.847. The smallest absolute Gasteiger partial charge is 0.303 e. The van der Waals surface area contributed by atoms with Crippen LogP contribution in [0.25, 0.3) is 11.3 Å². The largest absolute Gasteiger partial charge is 0.317 e. The fourth-order valence-electron chi connectivity index (χ4n) is 2.78. The molecule has 1 saturated carbocycles. The monoisotopic (exact) mass is 346 g/mol. The summed E-state index contributed by atoms with van der Waals surface area (Å²) < 4.78 is 2.52. The molecule has 3 heterocycles. The molecule has 8 nitrogen and oxygen atoms in total. The van der Waals surface area contributed by atoms with Crippen molar-refractivity contribution in [2.45, 2.75) is 24.9 Å². The highest BCUT2D eigenvalue weighted by atomic mass is 16.2. The molecule has 0 amide bonds. The molecule has 0 aromatic carbocycles.